The summed E-state index contributed by atoms with van der Waals surface area (Å²) in [5, 5.41) is 0. The van der Waals surface area contributed by atoms with Crippen LogP contribution >= 0.6 is 0 Å². The molecule has 0 N–H and O–H groups in total. The molecule has 256 valence electrons. The fourth-order valence-electron chi connectivity index (χ4n) is 8.30. The summed E-state index contributed by atoms with van der Waals surface area (Å²) in [6.07, 6.45) is 0. The summed E-state index contributed by atoms with van der Waals surface area (Å²) in [5.74, 6) is 1.79. The molecule has 1 aliphatic heterocycles. The number of nitrogens with zero attached hydrogens (tertiary/aromatic N) is 1. The van der Waals surface area contributed by atoms with Gasteiger partial charge in [-0.2, -0.15) is 0 Å². The van der Waals surface area contributed by atoms with Gasteiger partial charge in [0.05, 0.1) is 5.41 Å². The van der Waals surface area contributed by atoms with Crippen molar-refractivity contribution < 1.29 is 4.74 Å². The predicted molar refractivity (Wildman–Crippen MR) is 223 cm³/mol. The van der Waals surface area contributed by atoms with Gasteiger partial charge < -0.3 is 9.64 Å². The molecule has 2 nitrogen and oxygen atoms in total. The van der Waals surface area contributed by atoms with E-state index in [1.165, 1.54) is 44.5 Å². The Morgan fingerprint density at radius 2 is 0.717 bits per heavy atom. The molecule has 0 bridgehead atoms. The van der Waals surface area contributed by atoms with E-state index in [1.54, 1.807) is 0 Å². The molecule has 8 aromatic rings. The smallest absolute Gasteiger partial charge is 0.132 e. The monoisotopic (exact) mass is 683 g/mol. The van der Waals surface area contributed by atoms with E-state index >= 15 is 0 Å². The highest BCUT2D eigenvalue weighted by atomic mass is 16.5. The van der Waals surface area contributed by atoms with Crippen molar-refractivity contribution >= 4 is 17.1 Å². The highest BCUT2D eigenvalue weighted by molar-refractivity contribution is 5.91. The van der Waals surface area contributed by atoms with Crippen molar-refractivity contribution in [2.24, 2.45) is 0 Å². The number of hydrogen-bond donors (Lipinski definition) is 0. The van der Waals surface area contributed by atoms with Crippen LogP contribution < -0.4 is 9.64 Å². The predicted octanol–water partition coefficient (Wildman–Crippen LogP) is 14.2. The number of ether oxygens (including phenoxy) is 1. The summed E-state index contributed by atoms with van der Waals surface area (Å²) in [4.78, 5) is 2.39. The molecule has 8 aromatic carbocycles. The van der Waals surface area contributed by atoms with E-state index in [4.69, 9.17) is 4.74 Å². The van der Waals surface area contributed by atoms with Gasteiger partial charge in [-0.25, -0.2) is 0 Å². The number of rotatable bonds is 5. The summed E-state index contributed by atoms with van der Waals surface area (Å²) < 4.78 is 6.60. The largest absolute Gasteiger partial charge is 0.457 e. The SMILES string of the molecule is C.C.c1ccc(-c2ccc(N(c3ccc(-c4ccccc4)cc3)c3ccc4c(c3)C3(c5ccccc5Oc5ccccc53)c3ccccc3-4)cc2)cc1. The molecule has 1 spiro atoms. The van der Waals surface area contributed by atoms with Crippen LogP contribution in [0.3, 0.4) is 0 Å². The lowest BCUT2D eigenvalue weighted by molar-refractivity contribution is 0.436. The molecule has 1 heterocycles. The Labute approximate surface area is 313 Å². The first kappa shape index (κ1) is 33.5. The summed E-state index contributed by atoms with van der Waals surface area (Å²) in [7, 11) is 0. The van der Waals surface area contributed by atoms with Crippen LogP contribution in [-0.4, -0.2) is 0 Å². The zero-order chi connectivity index (χ0) is 33.8. The lowest BCUT2D eigenvalue weighted by Gasteiger charge is -2.39. The van der Waals surface area contributed by atoms with E-state index in [0.29, 0.717) is 0 Å². The normalized spacial score (nSPS) is 12.5. The molecule has 2 heteroatoms. The van der Waals surface area contributed by atoms with Crippen LogP contribution in [0.25, 0.3) is 33.4 Å². The van der Waals surface area contributed by atoms with Gasteiger partial charge >= 0.3 is 0 Å². The van der Waals surface area contributed by atoms with Gasteiger partial charge in [0, 0.05) is 28.2 Å². The lowest BCUT2D eigenvalue weighted by Crippen LogP contribution is -2.32. The van der Waals surface area contributed by atoms with Crippen LogP contribution in [0.15, 0.2) is 200 Å². The van der Waals surface area contributed by atoms with Crippen molar-refractivity contribution in [2.75, 3.05) is 4.90 Å². The van der Waals surface area contributed by atoms with Gasteiger partial charge in [-0.15, -0.1) is 0 Å². The molecule has 0 fully saturated rings. The van der Waals surface area contributed by atoms with Gasteiger partial charge in [0.15, 0.2) is 0 Å². The molecule has 0 unspecified atom stereocenters. The van der Waals surface area contributed by atoms with Gasteiger partial charge in [0.2, 0.25) is 0 Å². The van der Waals surface area contributed by atoms with Crippen LogP contribution in [0.2, 0.25) is 0 Å². The van der Waals surface area contributed by atoms with Crippen molar-refractivity contribution in [2.45, 2.75) is 20.3 Å². The second-order valence-electron chi connectivity index (χ2n) is 13.3. The zero-order valence-corrected chi connectivity index (χ0v) is 27.9. The Kier molecular flexibility index (Phi) is 8.52. The van der Waals surface area contributed by atoms with Gasteiger partial charge in [0.25, 0.3) is 0 Å². The van der Waals surface area contributed by atoms with Crippen LogP contribution in [0.5, 0.6) is 11.5 Å². The third-order valence-electron chi connectivity index (χ3n) is 10.6. The second kappa shape index (κ2) is 13.5. The maximum atomic E-state index is 6.60. The fourth-order valence-corrected chi connectivity index (χ4v) is 8.30. The Morgan fingerprint density at radius 1 is 0.321 bits per heavy atom. The fraction of sp³-hybridized carbons (Fsp3) is 0.0588. The summed E-state index contributed by atoms with van der Waals surface area (Å²) >= 11 is 0. The van der Waals surface area contributed by atoms with Crippen molar-refractivity contribution in [3.05, 3.63) is 222 Å². The minimum absolute atomic E-state index is 0. The van der Waals surface area contributed by atoms with Crippen LogP contribution in [0.1, 0.15) is 37.1 Å². The third kappa shape index (κ3) is 5.26. The molecule has 0 saturated carbocycles. The number of anilines is 3. The zero-order valence-electron chi connectivity index (χ0n) is 27.9. The number of fused-ring (bicyclic) bond motifs is 9. The molecule has 10 rings (SSSR count). The van der Waals surface area contributed by atoms with Crippen molar-refractivity contribution in [3.8, 4) is 44.9 Å². The molecule has 0 aromatic heterocycles. The number of hydrogen-bond acceptors (Lipinski definition) is 2. The molecule has 53 heavy (non-hydrogen) atoms. The van der Waals surface area contributed by atoms with Gasteiger partial charge in [-0.3, -0.25) is 0 Å². The second-order valence-corrected chi connectivity index (χ2v) is 13.3. The van der Waals surface area contributed by atoms with Gasteiger partial charge in [0.1, 0.15) is 11.5 Å². The Balaban J connectivity index is 0.00000200. The molecule has 1 aliphatic carbocycles. The van der Waals surface area contributed by atoms with E-state index in [2.05, 4.69) is 205 Å². The first-order chi connectivity index (χ1) is 25.3. The minimum atomic E-state index is -0.534. The van der Waals surface area contributed by atoms with Crippen LogP contribution in [0, 0.1) is 0 Å². The van der Waals surface area contributed by atoms with Crippen molar-refractivity contribution in [3.63, 3.8) is 0 Å². The lowest BCUT2D eigenvalue weighted by atomic mass is 9.66. The maximum Gasteiger partial charge on any atom is 0.132 e. The molecule has 0 amide bonds. The minimum Gasteiger partial charge on any atom is -0.457 e. The highest BCUT2D eigenvalue weighted by Gasteiger charge is 2.51. The Hall–Kier alpha value is -6.64. The van der Waals surface area contributed by atoms with E-state index in [-0.39, 0.29) is 14.9 Å². The average Bonchev–Trinajstić information content (AvgIpc) is 3.49. The van der Waals surface area contributed by atoms with Gasteiger partial charge in [-0.05, 0) is 93.0 Å². The van der Waals surface area contributed by atoms with E-state index in [1.807, 2.05) is 0 Å². The van der Waals surface area contributed by atoms with E-state index in [0.717, 1.165) is 39.7 Å². The summed E-state index contributed by atoms with van der Waals surface area (Å²) in [6, 6.07) is 72.0. The standard InChI is InChI=1S/C49H33NO.2CH4/c1-3-13-34(14-4-1)36-23-27-38(28-24-36)50(39-29-25-37(26-30-39)35-15-5-2-6-16-35)40-31-32-42-41-17-7-8-18-43(41)49(46(42)33-40)44-19-9-11-21-47(44)51-48-22-12-10-20-45(48)49;;/h1-33H;2*1H4. The van der Waals surface area contributed by atoms with E-state index in [9.17, 15) is 0 Å². The molecule has 2 aliphatic rings. The quantitative estimate of drug-likeness (QED) is 0.179. The van der Waals surface area contributed by atoms with Crippen LogP contribution in [-0.2, 0) is 5.41 Å². The van der Waals surface area contributed by atoms with E-state index < -0.39 is 5.41 Å². The van der Waals surface area contributed by atoms with Crippen molar-refractivity contribution in [1.82, 2.24) is 0 Å². The number of benzene rings is 8. The Bertz CT molecular complexity index is 2410. The topological polar surface area (TPSA) is 12.5 Å². The molecular weight excluding hydrogens is 643 g/mol. The average molecular weight is 684 g/mol. The summed E-state index contributed by atoms with van der Waals surface area (Å²) in [6.45, 7) is 0. The Morgan fingerprint density at radius 3 is 1.25 bits per heavy atom. The maximum absolute atomic E-state index is 6.60. The van der Waals surface area contributed by atoms with Crippen molar-refractivity contribution in [1.29, 1.82) is 0 Å². The van der Waals surface area contributed by atoms with Gasteiger partial charge in [-0.1, -0.05) is 167 Å². The summed E-state index contributed by atoms with van der Waals surface area (Å²) in [5.41, 5.74) is 14.9. The molecule has 0 atom stereocenters. The first-order valence-corrected chi connectivity index (χ1v) is 17.5. The molecular formula is C51H41NO. The van der Waals surface area contributed by atoms with Crippen LogP contribution in [0.4, 0.5) is 17.1 Å². The molecule has 0 radical (unpaired) electrons. The number of para-hydroxylation sites is 2. The third-order valence-corrected chi connectivity index (χ3v) is 10.6. The molecule has 0 saturated heterocycles. The first-order valence-electron chi connectivity index (χ1n) is 17.5. The highest BCUT2D eigenvalue weighted by Crippen LogP contribution is 2.62.